The minimum atomic E-state index is -0.510. The molecule has 0 radical (unpaired) electrons. The molecule has 3 heterocycles. The van der Waals surface area contributed by atoms with Gasteiger partial charge in [-0.05, 0) is 24.3 Å². The fourth-order valence-corrected chi connectivity index (χ4v) is 2.02. The van der Waals surface area contributed by atoms with Crippen molar-refractivity contribution < 1.29 is 10.0 Å². The van der Waals surface area contributed by atoms with Crippen LogP contribution in [0.1, 0.15) is 10.5 Å². The molecule has 0 aromatic carbocycles. The Morgan fingerprint density at radius 1 is 1.23 bits per heavy atom. The number of pyridine rings is 2. The lowest BCUT2D eigenvalue weighted by atomic mass is 10.4. The first-order valence-corrected chi connectivity index (χ1v) is 6.67. The number of fused-ring (bicyclic) bond motifs is 1. The van der Waals surface area contributed by atoms with Gasteiger partial charge in [0, 0.05) is 32.7 Å². The lowest BCUT2D eigenvalue weighted by Crippen LogP contribution is -2.19. The third kappa shape index (κ3) is 2.56. The molecule has 0 fully saturated rings. The van der Waals surface area contributed by atoms with Crippen molar-refractivity contribution in [3.63, 3.8) is 0 Å². The smallest absolute Gasteiger partial charge is 0.299 e. The molecule has 1 N–H and O–H groups in total. The van der Waals surface area contributed by atoms with Gasteiger partial charge in [0.15, 0.2) is 5.49 Å². The number of amides is 1. The second-order valence-electron chi connectivity index (χ2n) is 4.99. The predicted molar refractivity (Wildman–Crippen MR) is 81.0 cm³/mol. The Balaban J connectivity index is 2.02. The van der Waals surface area contributed by atoms with Gasteiger partial charge >= 0.3 is 0 Å². The number of carbonyl (C=O) groups excluding carboxylic acids is 1. The van der Waals surface area contributed by atoms with Crippen LogP contribution in [0.15, 0.2) is 53.9 Å². The van der Waals surface area contributed by atoms with Crippen LogP contribution in [0, 0.1) is 0 Å². The van der Waals surface area contributed by atoms with Gasteiger partial charge in [0.05, 0.1) is 5.69 Å². The van der Waals surface area contributed by atoms with Crippen LogP contribution in [0.5, 0.6) is 0 Å². The van der Waals surface area contributed by atoms with Gasteiger partial charge in [0.1, 0.15) is 11.3 Å². The summed E-state index contributed by atoms with van der Waals surface area (Å²) in [5.41, 5.74) is 2.03. The molecular formula is C15H15N5O2. The third-order valence-corrected chi connectivity index (χ3v) is 3.21. The summed E-state index contributed by atoms with van der Waals surface area (Å²) < 4.78 is 2.56. The van der Waals surface area contributed by atoms with E-state index < -0.39 is 5.91 Å². The van der Waals surface area contributed by atoms with Crippen LogP contribution in [0.25, 0.3) is 5.65 Å². The van der Waals surface area contributed by atoms with Crippen LogP contribution in [-0.4, -0.2) is 39.3 Å². The van der Waals surface area contributed by atoms with Gasteiger partial charge in [0.25, 0.3) is 5.91 Å². The van der Waals surface area contributed by atoms with Crippen molar-refractivity contribution in [2.24, 2.45) is 4.99 Å². The van der Waals surface area contributed by atoms with E-state index in [2.05, 4.69) is 9.98 Å². The molecule has 112 valence electrons. The van der Waals surface area contributed by atoms with E-state index in [1.54, 1.807) is 22.7 Å². The van der Waals surface area contributed by atoms with E-state index in [1.165, 1.54) is 12.3 Å². The van der Waals surface area contributed by atoms with Crippen LogP contribution in [0.3, 0.4) is 0 Å². The lowest BCUT2D eigenvalue weighted by molar-refractivity contribution is 0.0983. The molecule has 0 aliphatic rings. The van der Waals surface area contributed by atoms with Crippen molar-refractivity contribution in [3.8, 4) is 0 Å². The monoisotopic (exact) mass is 297 g/mol. The van der Waals surface area contributed by atoms with E-state index in [1.807, 2.05) is 37.3 Å². The molecule has 0 aliphatic heterocycles. The zero-order valence-corrected chi connectivity index (χ0v) is 12.2. The maximum Gasteiger partial charge on any atom is 0.299 e. The van der Waals surface area contributed by atoms with Crippen LogP contribution >= 0.6 is 0 Å². The summed E-state index contributed by atoms with van der Waals surface area (Å²) in [6, 6.07) is 8.62. The van der Waals surface area contributed by atoms with Crippen molar-refractivity contribution in [3.05, 3.63) is 60.1 Å². The fraction of sp³-hybridized carbons (Fsp3) is 0.133. The Hall–Kier alpha value is -3.09. The summed E-state index contributed by atoms with van der Waals surface area (Å²) in [4.78, 5) is 22.3. The zero-order chi connectivity index (χ0) is 15.7. The molecule has 0 saturated heterocycles. The minimum Gasteiger partial charge on any atom is -0.427 e. The number of aromatic nitrogens is 3. The van der Waals surface area contributed by atoms with Crippen LogP contribution in [0.4, 0.5) is 5.69 Å². The maximum absolute atomic E-state index is 12.2. The van der Waals surface area contributed by atoms with E-state index in [4.69, 9.17) is 0 Å². The van der Waals surface area contributed by atoms with Crippen molar-refractivity contribution >= 4 is 17.2 Å². The van der Waals surface area contributed by atoms with Crippen LogP contribution < -0.4 is 10.4 Å². The molecule has 3 aromatic rings. The summed E-state index contributed by atoms with van der Waals surface area (Å²) >= 11 is 0. The maximum atomic E-state index is 12.2. The van der Waals surface area contributed by atoms with Gasteiger partial charge in [-0.25, -0.2) is 4.98 Å². The molecule has 0 unspecified atom stereocenters. The average molecular weight is 297 g/mol. The minimum absolute atomic E-state index is 0.151. The molecule has 0 bridgehead atoms. The molecular weight excluding hydrogens is 282 g/mol. The second-order valence-corrected chi connectivity index (χ2v) is 4.99. The first-order chi connectivity index (χ1) is 10.5. The molecule has 7 heteroatoms. The number of hydrogen-bond donors (Lipinski definition) is 1. The van der Waals surface area contributed by atoms with E-state index in [9.17, 15) is 10.0 Å². The highest BCUT2D eigenvalue weighted by molar-refractivity contribution is 5.93. The standard InChI is InChI=1S/C15H15N5O2/c1-18(2)11-6-7-13-16-12(10-19(13)9-11)15(21)17-14-5-3-4-8-20(14)22/h3-10,22H,1-2H3. The molecule has 1 amide bonds. The highest BCUT2D eigenvalue weighted by atomic mass is 16.5. The molecule has 0 aliphatic carbocycles. The number of carbonyl (C=O) groups is 1. The Kier molecular flexibility index (Phi) is 3.38. The highest BCUT2D eigenvalue weighted by Gasteiger charge is 2.10. The van der Waals surface area contributed by atoms with E-state index in [0.29, 0.717) is 5.65 Å². The Morgan fingerprint density at radius 3 is 2.77 bits per heavy atom. The Morgan fingerprint density at radius 2 is 2.05 bits per heavy atom. The molecule has 0 spiro atoms. The van der Waals surface area contributed by atoms with E-state index >= 15 is 0 Å². The summed E-state index contributed by atoms with van der Waals surface area (Å²) in [7, 11) is 3.88. The van der Waals surface area contributed by atoms with E-state index in [-0.39, 0.29) is 11.2 Å². The summed E-state index contributed by atoms with van der Waals surface area (Å²) in [6.45, 7) is 0. The van der Waals surface area contributed by atoms with Crippen molar-refractivity contribution in [1.29, 1.82) is 0 Å². The van der Waals surface area contributed by atoms with E-state index in [0.717, 1.165) is 10.4 Å². The van der Waals surface area contributed by atoms with Gasteiger partial charge < -0.3 is 14.5 Å². The molecule has 0 saturated carbocycles. The van der Waals surface area contributed by atoms with Gasteiger partial charge in [0.2, 0.25) is 0 Å². The summed E-state index contributed by atoms with van der Waals surface area (Å²) in [5.74, 6) is -0.510. The Labute approximate surface area is 126 Å². The van der Waals surface area contributed by atoms with Crippen molar-refractivity contribution in [2.45, 2.75) is 0 Å². The number of imidazole rings is 1. The third-order valence-electron chi connectivity index (χ3n) is 3.21. The second kappa shape index (κ2) is 5.36. The first-order valence-electron chi connectivity index (χ1n) is 6.67. The highest BCUT2D eigenvalue weighted by Crippen LogP contribution is 2.14. The molecule has 7 nitrogen and oxygen atoms in total. The first kappa shape index (κ1) is 13.9. The summed E-state index contributed by atoms with van der Waals surface area (Å²) in [6.07, 6.45) is 4.91. The number of rotatable bonds is 2. The van der Waals surface area contributed by atoms with Gasteiger partial charge in [-0.2, -0.15) is 9.72 Å². The SMILES string of the molecule is CN(C)c1ccc2nc(C(=O)N=c3ccccn3O)cn2c1. The van der Waals surface area contributed by atoms with Gasteiger partial charge in [-0.1, -0.05) is 6.07 Å². The topological polar surface area (TPSA) is 75.1 Å². The molecule has 3 rings (SSSR count). The van der Waals surface area contributed by atoms with Crippen LogP contribution in [-0.2, 0) is 0 Å². The fourth-order valence-electron chi connectivity index (χ4n) is 2.02. The summed E-state index contributed by atoms with van der Waals surface area (Å²) in [5, 5.41) is 9.58. The normalized spacial score (nSPS) is 11.8. The molecule has 0 atom stereocenters. The molecule has 3 aromatic heterocycles. The Bertz CT molecular complexity index is 907. The predicted octanol–water partition coefficient (Wildman–Crippen LogP) is 1.18. The van der Waals surface area contributed by atoms with Crippen LogP contribution in [0.2, 0.25) is 0 Å². The van der Waals surface area contributed by atoms with Gasteiger partial charge in [-0.15, -0.1) is 0 Å². The molecule has 22 heavy (non-hydrogen) atoms. The van der Waals surface area contributed by atoms with Crippen molar-refractivity contribution in [1.82, 2.24) is 14.1 Å². The largest absolute Gasteiger partial charge is 0.427 e. The van der Waals surface area contributed by atoms with Gasteiger partial charge in [-0.3, -0.25) is 4.79 Å². The zero-order valence-electron chi connectivity index (χ0n) is 12.2. The lowest BCUT2D eigenvalue weighted by Gasteiger charge is -2.11. The number of anilines is 1. The number of hydrogen-bond acceptors (Lipinski definition) is 4. The quantitative estimate of drug-likeness (QED) is 0.721. The average Bonchev–Trinajstić information content (AvgIpc) is 2.92. The number of nitrogens with zero attached hydrogens (tertiary/aromatic N) is 5. The van der Waals surface area contributed by atoms with Crippen molar-refractivity contribution in [2.75, 3.05) is 19.0 Å².